The SMILES string of the molecule is CC(NC(=O)CCc1ccc(C#N)cc1)c1ccc(C#N)cc1. The number of aryl methyl sites for hydroxylation is 1. The first kappa shape index (κ1) is 16.3. The molecule has 0 radical (unpaired) electrons. The number of nitriles is 2. The molecule has 0 aliphatic rings. The predicted molar refractivity (Wildman–Crippen MR) is 87.2 cm³/mol. The maximum absolute atomic E-state index is 12.0. The summed E-state index contributed by atoms with van der Waals surface area (Å²) in [5.41, 5.74) is 3.22. The van der Waals surface area contributed by atoms with Gasteiger partial charge in [-0.1, -0.05) is 24.3 Å². The van der Waals surface area contributed by atoms with E-state index in [1.165, 1.54) is 0 Å². The minimum atomic E-state index is -0.101. The minimum Gasteiger partial charge on any atom is -0.350 e. The Morgan fingerprint density at radius 3 is 2.04 bits per heavy atom. The van der Waals surface area contributed by atoms with Gasteiger partial charge in [-0.05, 0) is 48.7 Å². The Balaban J connectivity index is 1.85. The van der Waals surface area contributed by atoms with Gasteiger partial charge in [0, 0.05) is 6.42 Å². The van der Waals surface area contributed by atoms with Gasteiger partial charge in [-0.3, -0.25) is 4.79 Å². The molecule has 0 saturated heterocycles. The molecule has 23 heavy (non-hydrogen) atoms. The third-order valence-electron chi connectivity index (χ3n) is 3.64. The summed E-state index contributed by atoms with van der Waals surface area (Å²) in [6, 6.07) is 18.5. The first-order valence-corrected chi connectivity index (χ1v) is 7.41. The van der Waals surface area contributed by atoms with Crippen molar-refractivity contribution in [3.05, 3.63) is 70.8 Å². The second-order valence-corrected chi connectivity index (χ2v) is 5.33. The zero-order chi connectivity index (χ0) is 16.7. The zero-order valence-corrected chi connectivity index (χ0v) is 12.9. The third-order valence-corrected chi connectivity index (χ3v) is 3.64. The monoisotopic (exact) mass is 303 g/mol. The van der Waals surface area contributed by atoms with Gasteiger partial charge in [0.15, 0.2) is 0 Å². The van der Waals surface area contributed by atoms with Crippen LogP contribution >= 0.6 is 0 Å². The summed E-state index contributed by atoms with van der Waals surface area (Å²) in [7, 11) is 0. The Morgan fingerprint density at radius 1 is 1.00 bits per heavy atom. The van der Waals surface area contributed by atoms with E-state index in [0.29, 0.717) is 24.0 Å². The molecule has 4 heteroatoms. The molecule has 1 amide bonds. The molecule has 114 valence electrons. The first-order chi connectivity index (χ1) is 11.1. The number of hydrogen-bond acceptors (Lipinski definition) is 3. The Labute approximate surface area is 136 Å². The van der Waals surface area contributed by atoms with Crippen molar-refractivity contribution in [2.24, 2.45) is 0 Å². The van der Waals surface area contributed by atoms with Gasteiger partial charge in [0.05, 0.1) is 29.3 Å². The lowest BCUT2D eigenvalue weighted by molar-refractivity contribution is -0.121. The Kier molecular flexibility index (Phi) is 5.50. The van der Waals surface area contributed by atoms with Crippen molar-refractivity contribution >= 4 is 5.91 Å². The quantitative estimate of drug-likeness (QED) is 0.921. The Bertz CT molecular complexity index is 749. The van der Waals surface area contributed by atoms with Crippen molar-refractivity contribution in [2.45, 2.75) is 25.8 Å². The van der Waals surface area contributed by atoms with Crippen LogP contribution in [0.3, 0.4) is 0 Å². The molecule has 0 heterocycles. The normalized spacial score (nSPS) is 11.1. The van der Waals surface area contributed by atoms with Gasteiger partial charge in [0.1, 0.15) is 0 Å². The zero-order valence-electron chi connectivity index (χ0n) is 12.9. The molecular formula is C19H17N3O. The van der Waals surface area contributed by atoms with E-state index in [9.17, 15) is 4.79 Å². The number of rotatable bonds is 5. The van der Waals surface area contributed by atoms with Crippen molar-refractivity contribution < 1.29 is 4.79 Å². The molecule has 1 atom stereocenters. The summed E-state index contributed by atoms with van der Waals surface area (Å²) in [6.45, 7) is 1.92. The Morgan fingerprint density at radius 2 is 1.52 bits per heavy atom. The highest BCUT2D eigenvalue weighted by Crippen LogP contribution is 2.13. The van der Waals surface area contributed by atoms with Crippen LogP contribution in [-0.4, -0.2) is 5.91 Å². The average Bonchev–Trinajstić information content (AvgIpc) is 2.60. The molecule has 0 aromatic heterocycles. The number of nitrogens with one attached hydrogen (secondary N) is 1. The van der Waals surface area contributed by atoms with Gasteiger partial charge in [0.25, 0.3) is 0 Å². The number of benzene rings is 2. The molecular weight excluding hydrogens is 286 g/mol. The van der Waals surface area contributed by atoms with E-state index in [1.807, 2.05) is 31.2 Å². The topological polar surface area (TPSA) is 76.7 Å². The van der Waals surface area contributed by atoms with Gasteiger partial charge in [-0.15, -0.1) is 0 Å². The fourth-order valence-corrected chi connectivity index (χ4v) is 2.25. The molecule has 1 unspecified atom stereocenters. The van der Waals surface area contributed by atoms with E-state index in [2.05, 4.69) is 17.5 Å². The molecule has 0 fully saturated rings. The van der Waals surface area contributed by atoms with Gasteiger partial charge < -0.3 is 5.32 Å². The van der Waals surface area contributed by atoms with Crippen LogP contribution in [-0.2, 0) is 11.2 Å². The fourth-order valence-electron chi connectivity index (χ4n) is 2.25. The van der Waals surface area contributed by atoms with E-state index in [0.717, 1.165) is 11.1 Å². The summed E-state index contributed by atoms with van der Waals surface area (Å²) < 4.78 is 0. The van der Waals surface area contributed by atoms with Crippen LogP contribution in [0.4, 0.5) is 0 Å². The van der Waals surface area contributed by atoms with E-state index < -0.39 is 0 Å². The number of carbonyl (C=O) groups excluding carboxylic acids is 1. The number of nitrogens with zero attached hydrogens (tertiary/aromatic N) is 2. The summed E-state index contributed by atoms with van der Waals surface area (Å²) in [6.07, 6.45) is 1.03. The third kappa shape index (κ3) is 4.69. The molecule has 2 aromatic rings. The van der Waals surface area contributed by atoms with Crippen molar-refractivity contribution in [3.63, 3.8) is 0 Å². The lowest BCUT2D eigenvalue weighted by Gasteiger charge is -2.14. The average molecular weight is 303 g/mol. The number of carbonyl (C=O) groups is 1. The largest absolute Gasteiger partial charge is 0.350 e. The second kappa shape index (κ2) is 7.77. The summed E-state index contributed by atoms with van der Waals surface area (Å²) in [5, 5.41) is 20.5. The van der Waals surface area contributed by atoms with Crippen LogP contribution < -0.4 is 5.32 Å². The van der Waals surface area contributed by atoms with Gasteiger partial charge in [-0.25, -0.2) is 0 Å². The lowest BCUT2D eigenvalue weighted by Crippen LogP contribution is -2.26. The number of hydrogen-bond donors (Lipinski definition) is 1. The van der Waals surface area contributed by atoms with E-state index in [1.54, 1.807) is 24.3 Å². The molecule has 2 aromatic carbocycles. The molecule has 0 bridgehead atoms. The molecule has 2 rings (SSSR count). The first-order valence-electron chi connectivity index (χ1n) is 7.41. The second-order valence-electron chi connectivity index (χ2n) is 5.33. The van der Waals surface area contributed by atoms with Crippen molar-refractivity contribution in [1.82, 2.24) is 5.32 Å². The van der Waals surface area contributed by atoms with Crippen LogP contribution in [0.5, 0.6) is 0 Å². The van der Waals surface area contributed by atoms with Gasteiger partial charge in [-0.2, -0.15) is 10.5 Å². The van der Waals surface area contributed by atoms with Gasteiger partial charge in [0.2, 0.25) is 5.91 Å². The highest BCUT2D eigenvalue weighted by molar-refractivity contribution is 5.76. The molecule has 0 aliphatic carbocycles. The standard InChI is InChI=1S/C19H17N3O/c1-14(18-9-6-17(13-21)7-10-18)22-19(23)11-8-15-2-4-16(12-20)5-3-15/h2-7,9-10,14H,8,11H2,1H3,(H,22,23). The molecule has 0 aliphatic heterocycles. The van der Waals surface area contributed by atoms with Crippen LogP contribution in [0.25, 0.3) is 0 Å². The molecule has 4 nitrogen and oxygen atoms in total. The minimum absolute atomic E-state index is 0.0220. The van der Waals surface area contributed by atoms with E-state index in [-0.39, 0.29) is 11.9 Å². The lowest BCUT2D eigenvalue weighted by atomic mass is 10.1. The van der Waals surface area contributed by atoms with Crippen molar-refractivity contribution in [2.75, 3.05) is 0 Å². The molecule has 0 saturated carbocycles. The summed E-state index contributed by atoms with van der Waals surface area (Å²) in [4.78, 5) is 12.0. The van der Waals surface area contributed by atoms with Crippen LogP contribution in [0.1, 0.15) is 41.6 Å². The van der Waals surface area contributed by atoms with Crippen molar-refractivity contribution in [1.29, 1.82) is 10.5 Å². The number of amides is 1. The van der Waals surface area contributed by atoms with Gasteiger partial charge >= 0.3 is 0 Å². The smallest absolute Gasteiger partial charge is 0.220 e. The van der Waals surface area contributed by atoms with Crippen LogP contribution in [0.15, 0.2) is 48.5 Å². The molecule has 0 spiro atoms. The van der Waals surface area contributed by atoms with Crippen molar-refractivity contribution in [3.8, 4) is 12.1 Å². The van der Waals surface area contributed by atoms with Crippen LogP contribution in [0, 0.1) is 22.7 Å². The van der Waals surface area contributed by atoms with Crippen LogP contribution in [0.2, 0.25) is 0 Å². The predicted octanol–water partition coefficient (Wildman–Crippen LogP) is 3.24. The Hall–Kier alpha value is -3.11. The maximum Gasteiger partial charge on any atom is 0.220 e. The fraction of sp³-hybridized carbons (Fsp3) is 0.211. The van der Waals surface area contributed by atoms with E-state index in [4.69, 9.17) is 10.5 Å². The maximum atomic E-state index is 12.0. The molecule has 1 N–H and O–H groups in total. The van der Waals surface area contributed by atoms with E-state index >= 15 is 0 Å². The summed E-state index contributed by atoms with van der Waals surface area (Å²) >= 11 is 0. The summed E-state index contributed by atoms with van der Waals surface area (Å²) in [5.74, 6) is -0.0220. The highest BCUT2D eigenvalue weighted by Gasteiger charge is 2.09. The highest BCUT2D eigenvalue weighted by atomic mass is 16.1.